The molecule has 0 amide bonds. The first-order valence-electron chi connectivity index (χ1n) is 11.0. The summed E-state index contributed by atoms with van der Waals surface area (Å²) < 4.78 is 4.06. The minimum absolute atomic E-state index is 0.0119. The van der Waals surface area contributed by atoms with Crippen molar-refractivity contribution in [2.24, 2.45) is 0 Å². The Labute approximate surface area is 173 Å². The lowest BCUT2D eigenvalue weighted by molar-refractivity contribution is 0.120. The molecule has 0 unspecified atom stereocenters. The third kappa shape index (κ3) is 4.78. The number of hydrogen-bond acceptors (Lipinski definition) is 5. The highest BCUT2D eigenvalue weighted by Gasteiger charge is 2.21. The Kier molecular flexibility index (Phi) is 5.88. The Balaban J connectivity index is 1.28. The maximum absolute atomic E-state index is 12.2. The van der Waals surface area contributed by atoms with Crippen LogP contribution in [0.25, 0.3) is 0 Å². The molecule has 0 aliphatic carbocycles. The predicted octanol–water partition coefficient (Wildman–Crippen LogP) is 1.89. The summed E-state index contributed by atoms with van der Waals surface area (Å²) in [5, 5.41) is 4.59. The molecule has 29 heavy (non-hydrogen) atoms. The van der Waals surface area contributed by atoms with Gasteiger partial charge in [0.05, 0.1) is 17.9 Å². The van der Waals surface area contributed by atoms with Crippen molar-refractivity contribution in [1.29, 1.82) is 0 Å². The summed E-state index contributed by atoms with van der Waals surface area (Å²) in [6.07, 6.45) is 5.74. The molecule has 2 aromatic rings. The van der Waals surface area contributed by atoms with Crippen molar-refractivity contribution >= 4 is 0 Å². The SMILES string of the molecule is CC(C)(C)c1ccc(=O)n(CCN2CCN(Cc3cnc4n3CCCC4)CC2)n1. The van der Waals surface area contributed by atoms with Gasteiger partial charge in [0.25, 0.3) is 5.56 Å². The number of nitrogens with zero attached hydrogens (tertiary/aromatic N) is 6. The molecule has 7 nitrogen and oxygen atoms in total. The molecule has 4 heterocycles. The van der Waals surface area contributed by atoms with E-state index in [-0.39, 0.29) is 11.0 Å². The van der Waals surface area contributed by atoms with E-state index in [1.165, 1.54) is 24.4 Å². The van der Waals surface area contributed by atoms with Crippen LogP contribution < -0.4 is 5.56 Å². The minimum Gasteiger partial charge on any atom is -0.331 e. The first-order valence-corrected chi connectivity index (χ1v) is 11.0. The predicted molar refractivity (Wildman–Crippen MR) is 114 cm³/mol. The average molecular weight is 399 g/mol. The second-order valence-electron chi connectivity index (χ2n) is 9.42. The van der Waals surface area contributed by atoms with Crippen molar-refractivity contribution in [1.82, 2.24) is 29.1 Å². The maximum Gasteiger partial charge on any atom is 0.266 e. The molecule has 1 saturated heterocycles. The highest BCUT2D eigenvalue weighted by molar-refractivity contribution is 5.11. The number of aryl methyl sites for hydroxylation is 1. The Morgan fingerprint density at radius 3 is 2.48 bits per heavy atom. The van der Waals surface area contributed by atoms with E-state index in [9.17, 15) is 4.79 Å². The van der Waals surface area contributed by atoms with Crippen LogP contribution in [-0.4, -0.2) is 61.9 Å². The first kappa shape index (κ1) is 20.3. The molecule has 0 N–H and O–H groups in total. The fraction of sp³-hybridized carbons (Fsp3) is 0.682. The summed E-state index contributed by atoms with van der Waals surface area (Å²) in [7, 11) is 0. The Morgan fingerprint density at radius 1 is 0.966 bits per heavy atom. The first-order chi connectivity index (χ1) is 13.9. The van der Waals surface area contributed by atoms with Crippen molar-refractivity contribution < 1.29 is 0 Å². The van der Waals surface area contributed by atoms with Gasteiger partial charge >= 0.3 is 0 Å². The third-order valence-electron chi connectivity index (χ3n) is 6.17. The lowest BCUT2D eigenvalue weighted by Gasteiger charge is -2.35. The Bertz CT molecular complexity index is 885. The highest BCUT2D eigenvalue weighted by Crippen LogP contribution is 2.19. The van der Waals surface area contributed by atoms with E-state index in [0.29, 0.717) is 6.54 Å². The van der Waals surface area contributed by atoms with Gasteiger partial charge in [-0.2, -0.15) is 5.10 Å². The number of hydrogen-bond donors (Lipinski definition) is 0. The normalized spacial score (nSPS) is 18.7. The summed E-state index contributed by atoms with van der Waals surface area (Å²) in [5.74, 6) is 1.26. The van der Waals surface area contributed by atoms with Crippen LogP contribution in [0.1, 0.15) is 50.8 Å². The lowest BCUT2D eigenvalue weighted by Crippen LogP contribution is -2.47. The van der Waals surface area contributed by atoms with Crippen molar-refractivity contribution in [3.63, 3.8) is 0 Å². The maximum atomic E-state index is 12.2. The molecule has 0 saturated carbocycles. The molecular weight excluding hydrogens is 364 g/mol. The van der Waals surface area contributed by atoms with Crippen molar-refractivity contribution in [2.45, 2.75) is 65.1 Å². The van der Waals surface area contributed by atoms with E-state index in [4.69, 9.17) is 0 Å². The van der Waals surface area contributed by atoms with Gasteiger partial charge in [0, 0.05) is 69.9 Å². The number of fused-ring (bicyclic) bond motifs is 1. The Hall–Kier alpha value is -1.99. The fourth-order valence-electron chi connectivity index (χ4n) is 4.25. The monoisotopic (exact) mass is 398 g/mol. The number of rotatable bonds is 5. The summed E-state index contributed by atoms with van der Waals surface area (Å²) in [6, 6.07) is 3.50. The van der Waals surface area contributed by atoms with Gasteiger partial charge in [0.15, 0.2) is 0 Å². The topological polar surface area (TPSA) is 59.2 Å². The molecule has 0 aromatic carbocycles. The van der Waals surface area contributed by atoms with E-state index in [1.807, 2.05) is 6.07 Å². The molecule has 0 radical (unpaired) electrons. The van der Waals surface area contributed by atoms with Crippen LogP contribution in [0.15, 0.2) is 23.1 Å². The van der Waals surface area contributed by atoms with Crippen LogP contribution in [0, 0.1) is 0 Å². The molecule has 2 aliphatic rings. The number of piperazine rings is 1. The molecule has 0 spiro atoms. The van der Waals surface area contributed by atoms with Gasteiger partial charge in [0.1, 0.15) is 5.82 Å². The van der Waals surface area contributed by atoms with Gasteiger partial charge in [0.2, 0.25) is 0 Å². The van der Waals surface area contributed by atoms with Gasteiger partial charge in [-0.05, 0) is 18.9 Å². The molecule has 0 atom stereocenters. The highest BCUT2D eigenvalue weighted by atomic mass is 16.1. The van der Waals surface area contributed by atoms with Gasteiger partial charge in [-0.25, -0.2) is 9.67 Å². The zero-order chi connectivity index (χ0) is 20.4. The second-order valence-corrected chi connectivity index (χ2v) is 9.42. The molecule has 0 bridgehead atoms. The van der Waals surface area contributed by atoms with Gasteiger partial charge in [-0.15, -0.1) is 0 Å². The summed E-state index contributed by atoms with van der Waals surface area (Å²) >= 11 is 0. The van der Waals surface area contributed by atoms with Crippen molar-refractivity contribution in [2.75, 3.05) is 32.7 Å². The number of aromatic nitrogens is 4. The molecule has 7 heteroatoms. The Morgan fingerprint density at radius 2 is 1.72 bits per heavy atom. The van der Waals surface area contributed by atoms with Gasteiger partial charge < -0.3 is 4.57 Å². The van der Waals surface area contributed by atoms with E-state index >= 15 is 0 Å². The van der Waals surface area contributed by atoms with Gasteiger partial charge in [-0.1, -0.05) is 20.8 Å². The number of imidazole rings is 1. The van der Waals surface area contributed by atoms with Crippen LogP contribution in [0.4, 0.5) is 0 Å². The summed E-state index contributed by atoms with van der Waals surface area (Å²) in [5.41, 5.74) is 2.27. The largest absolute Gasteiger partial charge is 0.331 e. The zero-order valence-electron chi connectivity index (χ0n) is 18.1. The molecule has 2 aromatic heterocycles. The molecule has 158 valence electrons. The van der Waals surface area contributed by atoms with Crippen molar-refractivity contribution in [3.8, 4) is 0 Å². The molecule has 1 fully saturated rings. The quantitative estimate of drug-likeness (QED) is 0.770. The fourth-order valence-corrected chi connectivity index (χ4v) is 4.25. The van der Waals surface area contributed by atoms with E-state index < -0.39 is 0 Å². The van der Waals surface area contributed by atoms with Crippen molar-refractivity contribution in [3.05, 3.63) is 45.9 Å². The van der Waals surface area contributed by atoms with Crippen LogP contribution in [0.5, 0.6) is 0 Å². The third-order valence-corrected chi connectivity index (χ3v) is 6.17. The van der Waals surface area contributed by atoms with Crippen LogP contribution in [-0.2, 0) is 31.5 Å². The van der Waals surface area contributed by atoms with Gasteiger partial charge in [-0.3, -0.25) is 14.6 Å². The summed E-state index contributed by atoms with van der Waals surface area (Å²) in [4.78, 5) is 21.8. The summed E-state index contributed by atoms with van der Waals surface area (Å²) in [6.45, 7) is 14.2. The lowest BCUT2D eigenvalue weighted by atomic mass is 9.92. The van der Waals surface area contributed by atoms with Crippen LogP contribution in [0.3, 0.4) is 0 Å². The minimum atomic E-state index is -0.0477. The van der Waals surface area contributed by atoms with E-state index in [0.717, 1.165) is 57.9 Å². The van der Waals surface area contributed by atoms with E-state index in [2.05, 4.69) is 51.4 Å². The van der Waals surface area contributed by atoms with Crippen LogP contribution >= 0.6 is 0 Å². The smallest absolute Gasteiger partial charge is 0.266 e. The second kappa shape index (κ2) is 8.40. The molecular formula is C22H34N6O. The van der Waals surface area contributed by atoms with E-state index in [1.54, 1.807) is 10.7 Å². The molecule has 2 aliphatic heterocycles. The average Bonchev–Trinajstić information content (AvgIpc) is 3.10. The zero-order valence-corrected chi connectivity index (χ0v) is 18.1. The van der Waals surface area contributed by atoms with Crippen LogP contribution in [0.2, 0.25) is 0 Å². The standard InChI is InChI=1S/C22H34N6O/c1-22(2,3)19-7-8-21(29)28(24-19)15-14-25-10-12-26(13-11-25)17-18-16-23-20-6-4-5-9-27(18)20/h7-8,16H,4-6,9-15,17H2,1-3H3. The molecule has 4 rings (SSSR count).